The molecule has 1 aliphatic heterocycles. The molecule has 0 saturated carbocycles. The number of allylic oxidation sites excluding steroid dienone is 1. The molecule has 2 aliphatic rings. The summed E-state index contributed by atoms with van der Waals surface area (Å²) in [7, 11) is 0. The Hall–Kier alpha value is -0.560. The van der Waals surface area contributed by atoms with Crippen LogP contribution in [0, 0.1) is 11.8 Å². The van der Waals surface area contributed by atoms with Gasteiger partial charge in [0.1, 0.15) is 0 Å². The summed E-state index contributed by atoms with van der Waals surface area (Å²) in [5, 5.41) is 3.56. The van der Waals surface area contributed by atoms with Crippen molar-refractivity contribution in [2.24, 2.45) is 11.8 Å². The first-order valence-corrected chi connectivity index (χ1v) is 6.36. The first-order chi connectivity index (χ1) is 7.27. The summed E-state index contributed by atoms with van der Waals surface area (Å²) in [5.74, 6) is 1.62. The molecule has 15 heavy (non-hydrogen) atoms. The van der Waals surface area contributed by atoms with Crippen LogP contribution in [0.5, 0.6) is 0 Å². The normalized spacial score (nSPS) is 26.7. The van der Waals surface area contributed by atoms with Crippen molar-refractivity contribution < 1.29 is 0 Å². The van der Waals surface area contributed by atoms with Gasteiger partial charge in [-0.1, -0.05) is 31.6 Å². The molecule has 0 aromatic heterocycles. The van der Waals surface area contributed by atoms with Crippen LogP contribution in [0.2, 0.25) is 0 Å². The van der Waals surface area contributed by atoms with Gasteiger partial charge in [-0.2, -0.15) is 0 Å². The van der Waals surface area contributed by atoms with E-state index in [-0.39, 0.29) is 0 Å². The molecule has 1 heterocycles. The Morgan fingerprint density at radius 2 is 2.33 bits per heavy atom. The van der Waals surface area contributed by atoms with E-state index in [9.17, 15) is 0 Å². The fourth-order valence-electron chi connectivity index (χ4n) is 2.84. The van der Waals surface area contributed by atoms with E-state index in [1.165, 1.54) is 32.2 Å². The summed E-state index contributed by atoms with van der Waals surface area (Å²) < 4.78 is 0. The van der Waals surface area contributed by atoms with Gasteiger partial charge in [0.15, 0.2) is 0 Å². The molecule has 1 unspecified atom stereocenters. The molecule has 1 atom stereocenters. The van der Waals surface area contributed by atoms with Gasteiger partial charge in [-0.05, 0) is 43.1 Å². The fraction of sp³-hybridized carbons (Fsp3) is 0.714. The molecule has 0 radical (unpaired) electrons. The van der Waals surface area contributed by atoms with Crippen molar-refractivity contribution >= 4 is 0 Å². The van der Waals surface area contributed by atoms with Gasteiger partial charge in [-0.25, -0.2) is 0 Å². The predicted octanol–water partition coefficient (Wildman–Crippen LogP) is 3.29. The van der Waals surface area contributed by atoms with Gasteiger partial charge in [-0.3, -0.25) is 0 Å². The van der Waals surface area contributed by atoms with Crippen molar-refractivity contribution in [1.82, 2.24) is 5.32 Å². The van der Waals surface area contributed by atoms with Crippen LogP contribution in [0.1, 0.15) is 39.5 Å². The zero-order valence-electron chi connectivity index (χ0n) is 10.1. The summed E-state index contributed by atoms with van der Waals surface area (Å²) >= 11 is 0. The first kappa shape index (κ1) is 10.9. The third-order valence-corrected chi connectivity index (χ3v) is 3.50. The van der Waals surface area contributed by atoms with Crippen molar-refractivity contribution in [1.29, 1.82) is 0 Å². The van der Waals surface area contributed by atoms with Gasteiger partial charge in [0.25, 0.3) is 0 Å². The minimum Gasteiger partial charge on any atom is -0.312 e. The monoisotopic (exact) mass is 205 g/mol. The second-order valence-electron chi connectivity index (χ2n) is 5.30. The lowest BCUT2D eigenvalue weighted by Gasteiger charge is -2.29. The average Bonchev–Trinajstić information content (AvgIpc) is 2.42. The van der Waals surface area contributed by atoms with Gasteiger partial charge in [0.2, 0.25) is 0 Å². The molecule has 0 spiro atoms. The number of rotatable bonds is 2. The van der Waals surface area contributed by atoms with Gasteiger partial charge in [0, 0.05) is 13.1 Å². The van der Waals surface area contributed by atoms with Crippen LogP contribution < -0.4 is 5.32 Å². The maximum atomic E-state index is 3.56. The van der Waals surface area contributed by atoms with Crippen molar-refractivity contribution in [3.05, 3.63) is 23.3 Å². The summed E-state index contributed by atoms with van der Waals surface area (Å²) in [5.41, 5.74) is 3.35. The number of nitrogens with one attached hydrogen (secondary N) is 1. The highest BCUT2D eigenvalue weighted by atomic mass is 14.9. The molecule has 0 fully saturated rings. The van der Waals surface area contributed by atoms with E-state index < -0.39 is 0 Å². The van der Waals surface area contributed by atoms with E-state index in [4.69, 9.17) is 0 Å². The Kier molecular flexibility index (Phi) is 3.63. The predicted molar refractivity (Wildman–Crippen MR) is 65.8 cm³/mol. The number of hydrogen-bond acceptors (Lipinski definition) is 1. The maximum absolute atomic E-state index is 3.56. The van der Waals surface area contributed by atoms with E-state index in [2.05, 4.69) is 31.3 Å². The zero-order chi connectivity index (χ0) is 10.7. The average molecular weight is 205 g/mol. The van der Waals surface area contributed by atoms with Crippen molar-refractivity contribution in [2.75, 3.05) is 13.1 Å². The largest absolute Gasteiger partial charge is 0.312 e. The standard InChI is InChI=1S/C14H23N/c1-11(2)8-13-10-15-9-12-6-4-3-5-7-14(12)13/h4,6,11,13,15H,3,5,7-10H2,1-2H3. The van der Waals surface area contributed by atoms with Crippen LogP contribution in [0.3, 0.4) is 0 Å². The molecule has 0 aromatic carbocycles. The van der Waals surface area contributed by atoms with E-state index in [0.29, 0.717) is 0 Å². The fourth-order valence-corrected chi connectivity index (χ4v) is 2.84. The van der Waals surface area contributed by atoms with E-state index in [0.717, 1.165) is 18.4 Å². The third kappa shape index (κ3) is 2.72. The van der Waals surface area contributed by atoms with E-state index in [1.54, 1.807) is 11.1 Å². The van der Waals surface area contributed by atoms with Crippen LogP contribution in [0.4, 0.5) is 0 Å². The maximum Gasteiger partial charge on any atom is 0.0205 e. The lowest BCUT2D eigenvalue weighted by Crippen LogP contribution is -2.32. The van der Waals surface area contributed by atoms with Gasteiger partial charge < -0.3 is 5.32 Å². The van der Waals surface area contributed by atoms with Crippen molar-refractivity contribution in [3.8, 4) is 0 Å². The second-order valence-corrected chi connectivity index (χ2v) is 5.30. The Balaban J connectivity index is 2.15. The molecular formula is C14H23N. The molecule has 1 heteroatoms. The summed E-state index contributed by atoms with van der Waals surface area (Å²) in [6.07, 6.45) is 10.0. The van der Waals surface area contributed by atoms with Crippen LogP contribution in [0.25, 0.3) is 0 Å². The highest BCUT2D eigenvalue weighted by Crippen LogP contribution is 2.31. The van der Waals surface area contributed by atoms with Crippen LogP contribution >= 0.6 is 0 Å². The third-order valence-electron chi connectivity index (χ3n) is 3.50. The highest BCUT2D eigenvalue weighted by molar-refractivity contribution is 5.32. The van der Waals surface area contributed by atoms with Crippen molar-refractivity contribution in [3.63, 3.8) is 0 Å². The summed E-state index contributed by atoms with van der Waals surface area (Å²) in [4.78, 5) is 0. The van der Waals surface area contributed by atoms with Crippen LogP contribution in [-0.2, 0) is 0 Å². The minimum atomic E-state index is 0.802. The quantitative estimate of drug-likeness (QED) is 0.729. The van der Waals surface area contributed by atoms with E-state index in [1.807, 2.05) is 0 Å². The van der Waals surface area contributed by atoms with Crippen molar-refractivity contribution in [2.45, 2.75) is 39.5 Å². The van der Waals surface area contributed by atoms with Gasteiger partial charge >= 0.3 is 0 Å². The first-order valence-electron chi connectivity index (χ1n) is 6.36. The minimum absolute atomic E-state index is 0.802. The molecule has 0 amide bonds. The molecule has 0 saturated heterocycles. The molecule has 84 valence electrons. The lowest BCUT2D eigenvalue weighted by atomic mass is 9.83. The Labute approximate surface area is 93.6 Å². The molecule has 2 rings (SSSR count). The molecule has 1 nitrogen and oxygen atoms in total. The van der Waals surface area contributed by atoms with Gasteiger partial charge in [-0.15, -0.1) is 0 Å². The Morgan fingerprint density at radius 1 is 1.47 bits per heavy atom. The Morgan fingerprint density at radius 3 is 3.13 bits per heavy atom. The molecular weight excluding hydrogens is 182 g/mol. The smallest absolute Gasteiger partial charge is 0.0205 e. The highest BCUT2D eigenvalue weighted by Gasteiger charge is 2.22. The summed E-state index contributed by atoms with van der Waals surface area (Å²) in [6.45, 7) is 6.97. The van der Waals surface area contributed by atoms with Gasteiger partial charge in [0.05, 0.1) is 0 Å². The lowest BCUT2D eigenvalue weighted by molar-refractivity contribution is 0.410. The molecule has 1 N–H and O–H groups in total. The molecule has 1 aliphatic carbocycles. The summed E-state index contributed by atoms with van der Waals surface area (Å²) in [6, 6.07) is 0. The Bertz CT molecular complexity index is 273. The SMILES string of the molecule is CC(C)CC1CNCC2=C1CCCC=C2. The van der Waals surface area contributed by atoms with Crippen LogP contribution in [0.15, 0.2) is 23.3 Å². The second kappa shape index (κ2) is 4.98. The van der Waals surface area contributed by atoms with Crippen LogP contribution in [-0.4, -0.2) is 13.1 Å². The zero-order valence-corrected chi connectivity index (χ0v) is 10.1. The topological polar surface area (TPSA) is 12.0 Å². The number of hydrogen-bond donors (Lipinski definition) is 1. The molecule has 0 bridgehead atoms. The van der Waals surface area contributed by atoms with E-state index >= 15 is 0 Å². The molecule has 0 aromatic rings.